The fourth-order valence-corrected chi connectivity index (χ4v) is 5.54. The first-order chi connectivity index (χ1) is 15.1. The van der Waals surface area contributed by atoms with Crippen LogP contribution in [0, 0.1) is 13.8 Å². The van der Waals surface area contributed by atoms with Gasteiger partial charge in [-0.25, -0.2) is 0 Å². The number of furan rings is 1. The molecule has 3 aromatic carbocycles. The summed E-state index contributed by atoms with van der Waals surface area (Å²) >= 11 is 3.63. The van der Waals surface area contributed by atoms with Crippen molar-refractivity contribution >= 4 is 23.5 Å². The molecule has 0 aliphatic carbocycles. The van der Waals surface area contributed by atoms with E-state index in [2.05, 4.69) is 99.6 Å². The van der Waals surface area contributed by atoms with Gasteiger partial charge in [-0.15, -0.1) is 0 Å². The SMILES string of the molecule is CCCCc1oc(-c2ccccc2)c(Sc2ccc(C)cc2)c1Sc1ccc(C)cc1. The fourth-order valence-electron chi connectivity index (χ4n) is 3.37. The molecule has 0 saturated carbocycles. The van der Waals surface area contributed by atoms with Gasteiger partial charge >= 0.3 is 0 Å². The summed E-state index contributed by atoms with van der Waals surface area (Å²) in [6, 6.07) is 28.0. The van der Waals surface area contributed by atoms with Crippen molar-refractivity contribution < 1.29 is 4.42 Å². The topological polar surface area (TPSA) is 13.1 Å². The molecule has 0 unspecified atom stereocenters. The highest BCUT2D eigenvalue weighted by molar-refractivity contribution is 8.02. The quantitative estimate of drug-likeness (QED) is 0.269. The number of hydrogen-bond acceptors (Lipinski definition) is 3. The molecule has 0 spiro atoms. The van der Waals surface area contributed by atoms with Crippen molar-refractivity contribution in [3.63, 3.8) is 0 Å². The Morgan fingerprint density at radius 1 is 0.677 bits per heavy atom. The average molecular weight is 445 g/mol. The molecular weight excluding hydrogens is 416 g/mol. The van der Waals surface area contributed by atoms with Crippen LogP contribution in [0.5, 0.6) is 0 Å². The van der Waals surface area contributed by atoms with E-state index in [-0.39, 0.29) is 0 Å². The van der Waals surface area contributed by atoms with E-state index in [0.29, 0.717) is 0 Å². The zero-order valence-corrected chi connectivity index (χ0v) is 20.0. The number of aryl methyl sites for hydroxylation is 3. The summed E-state index contributed by atoms with van der Waals surface area (Å²) in [4.78, 5) is 4.94. The Balaban J connectivity index is 1.82. The molecule has 0 bridgehead atoms. The minimum absolute atomic E-state index is 0.957. The van der Waals surface area contributed by atoms with Crippen molar-refractivity contribution in [2.45, 2.75) is 59.6 Å². The Morgan fingerprint density at radius 3 is 1.77 bits per heavy atom. The van der Waals surface area contributed by atoms with Crippen LogP contribution in [-0.2, 0) is 6.42 Å². The molecule has 0 N–H and O–H groups in total. The summed E-state index contributed by atoms with van der Waals surface area (Å²) in [7, 11) is 0. The standard InChI is InChI=1S/C28H28OS2/c1-4-5-11-25-27(30-23-16-12-20(2)13-17-23)28(31-24-18-14-21(3)15-19-24)26(29-25)22-9-7-6-8-10-22/h6-10,12-19H,4-5,11H2,1-3H3. The van der Waals surface area contributed by atoms with Crippen LogP contribution in [-0.4, -0.2) is 0 Å². The van der Waals surface area contributed by atoms with Crippen LogP contribution < -0.4 is 0 Å². The smallest absolute Gasteiger partial charge is 0.149 e. The minimum atomic E-state index is 0.957. The highest BCUT2D eigenvalue weighted by Crippen LogP contribution is 2.48. The van der Waals surface area contributed by atoms with Crippen LogP contribution in [0.15, 0.2) is 103 Å². The number of rotatable bonds is 8. The summed E-state index contributed by atoms with van der Waals surface area (Å²) in [6.45, 7) is 6.49. The van der Waals surface area contributed by atoms with Gasteiger partial charge in [0.2, 0.25) is 0 Å². The van der Waals surface area contributed by atoms with Crippen LogP contribution in [0.1, 0.15) is 36.7 Å². The zero-order valence-electron chi connectivity index (χ0n) is 18.4. The first-order valence-corrected chi connectivity index (χ1v) is 12.5. The minimum Gasteiger partial charge on any atom is -0.459 e. The Morgan fingerprint density at radius 2 is 1.23 bits per heavy atom. The maximum absolute atomic E-state index is 6.58. The van der Waals surface area contributed by atoms with Crippen molar-refractivity contribution in [2.75, 3.05) is 0 Å². The lowest BCUT2D eigenvalue weighted by atomic mass is 10.2. The van der Waals surface area contributed by atoms with Crippen molar-refractivity contribution in [3.05, 3.63) is 95.7 Å². The molecule has 31 heavy (non-hydrogen) atoms. The Bertz CT molecular complexity index is 1110. The van der Waals surface area contributed by atoms with Gasteiger partial charge in [0.25, 0.3) is 0 Å². The molecular formula is C28H28OS2. The predicted molar refractivity (Wildman–Crippen MR) is 133 cm³/mol. The second-order valence-corrected chi connectivity index (χ2v) is 9.98. The first-order valence-electron chi connectivity index (χ1n) is 10.8. The molecule has 3 heteroatoms. The van der Waals surface area contributed by atoms with Crippen molar-refractivity contribution in [1.82, 2.24) is 0 Å². The Labute approximate surface area is 194 Å². The van der Waals surface area contributed by atoms with Crippen molar-refractivity contribution in [3.8, 4) is 11.3 Å². The van der Waals surface area contributed by atoms with E-state index in [4.69, 9.17) is 4.42 Å². The van der Waals surface area contributed by atoms with E-state index >= 15 is 0 Å². The molecule has 4 rings (SSSR count). The lowest BCUT2D eigenvalue weighted by Crippen LogP contribution is -1.86. The van der Waals surface area contributed by atoms with E-state index in [1.54, 1.807) is 11.8 Å². The highest BCUT2D eigenvalue weighted by Gasteiger charge is 2.23. The van der Waals surface area contributed by atoms with E-state index in [1.165, 1.54) is 30.7 Å². The largest absolute Gasteiger partial charge is 0.459 e. The third-order valence-electron chi connectivity index (χ3n) is 5.17. The second kappa shape index (κ2) is 10.3. The second-order valence-electron chi connectivity index (χ2n) is 7.81. The maximum atomic E-state index is 6.58. The van der Waals surface area contributed by atoms with E-state index in [0.717, 1.165) is 36.3 Å². The van der Waals surface area contributed by atoms with E-state index < -0.39 is 0 Å². The van der Waals surface area contributed by atoms with E-state index in [1.807, 2.05) is 11.8 Å². The summed E-state index contributed by atoms with van der Waals surface area (Å²) in [5, 5.41) is 0. The van der Waals surface area contributed by atoms with Crippen LogP contribution >= 0.6 is 23.5 Å². The fraction of sp³-hybridized carbons (Fsp3) is 0.214. The van der Waals surface area contributed by atoms with Crippen molar-refractivity contribution in [1.29, 1.82) is 0 Å². The molecule has 0 aliphatic rings. The molecule has 0 aliphatic heterocycles. The lowest BCUT2D eigenvalue weighted by molar-refractivity contribution is 0.502. The van der Waals surface area contributed by atoms with Crippen molar-refractivity contribution in [2.24, 2.45) is 0 Å². The molecule has 0 saturated heterocycles. The molecule has 0 atom stereocenters. The molecule has 1 aromatic heterocycles. The summed E-state index contributed by atoms with van der Waals surface area (Å²) < 4.78 is 6.58. The van der Waals surface area contributed by atoms with E-state index in [9.17, 15) is 0 Å². The first kappa shape index (κ1) is 21.9. The number of benzene rings is 3. The number of unbranched alkanes of at least 4 members (excludes halogenated alkanes) is 1. The summed E-state index contributed by atoms with van der Waals surface area (Å²) in [5.41, 5.74) is 3.69. The Kier molecular flexibility index (Phi) is 7.26. The van der Waals surface area contributed by atoms with Gasteiger partial charge in [0.15, 0.2) is 0 Å². The van der Waals surface area contributed by atoms with Crippen LogP contribution in [0.3, 0.4) is 0 Å². The molecule has 0 radical (unpaired) electrons. The molecule has 1 nitrogen and oxygen atoms in total. The van der Waals surface area contributed by atoms with Crippen LogP contribution in [0.2, 0.25) is 0 Å². The van der Waals surface area contributed by atoms with Gasteiger partial charge in [0.05, 0.1) is 9.79 Å². The molecule has 158 valence electrons. The normalized spacial score (nSPS) is 11.1. The number of hydrogen-bond donors (Lipinski definition) is 0. The summed E-state index contributed by atoms with van der Waals surface area (Å²) in [6.07, 6.45) is 3.23. The lowest BCUT2D eigenvalue weighted by Gasteiger charge is -2.08. The highest BCUT2D eigenvalue weighted by atomic mass is 32.2. The predicted octanol–water partition coefficient (Wildman–Crippen LogP) is 9.21. The van der Waals surface area contributed by atoms with Crippen LogP contribution in [0.25, 0.3) is 11.3 Å². The maximum Gasteiger partial charge on any atom is 0.149 e. The van der Waals surface area contributed by atoms with Gasteiger partial charge in [-0.05, 0) is 44.5 Å². The Hall–Kier alpha value is -2.36. The third kappa shape index (κ3) is 5.47. The molecule has 4 aromatic rings. The van der Waals surface area contributed by atoms with Crippen LogP contribution in [0.4, 0.5) is 0 Å². The average Bonchev–Trinajstić information content (AvgIpc) is 3.13. The zero-order chi connectivity index (χ0) is 21.6. The molecule has 1 heterocycles. The van der Waals surface area contributed by atoms with Gasteiger partial charge < -0.3 is 4.42 Å². The van der Waals surface area contributed by atoms with Gasteiger partial charge in [-0.1, -0.05) is 103 Å². The van der Waals surface area contributed by atoms with Gasteiger partial charge in [0.1, 0.15) is 11.5 Å². The summed E-state index contributed by atoms with van der Waals surface area (Å²) in [5.74, 6) is 2.08. The third-order valence-corrected chi connectivity index (χ3v) is 7.54. The monoisotopic (exact) mass is 444 g/mol. The van der Waals surface area contributed by atoms with Gasteiger partial charge in [-0.2, -0.15) is 0 Å². The van der Waals surface area contributed by atoms with Gasteiger partial charge in [-0.3, -0.25) is 0 Å². The molecule has 0 amide bonds. The van der Waals surface area contributed by atoms with Gasteiger partial charge in [0, 0.05) is 21.8 Å². The molecule has 0 fully saturated rings.